The van der Waals surface area contributed by atoms with E-state index in [-0.39, 0.29) is 11.9 Å². The summed E-state index contributed by atoms with van der Waals surface area (Å²) in [5.74, 6) is 0.214. The van der Waals surface area contributed by atoms with Crippen LogP contribution in [0, 0.1) is 6.92 Å². The lowest BCUT2D eigenvalue weighted by Crippen LogP contribution is -2.42. The number of carbonyl (C=O) groups excluding carboxylic acids is 1. The molecule has 3 rings (SSSR count). The summed E-state index contributed by atoms with van der Waals surface area (Å²) < 4.78 is 5.53. The van der Waals surface area contributed by atoms with E-state index in [2.05, 4.69) is 4.90 Å². The molecule has 0 bridgehead atoms. The summed E-state index contributed by atoms with van der Waals surface area (Å²) in [6.45, 7) is 2.74. The van der Waals surface area contributed by atoms with Crippen molar-refractivity contribution in [2.24, 2.45) is 0 Å². The molecule has 4 heteroatoms. The fourth-order valence-corrected chi connectivity index (χ4v) is 4.17. The minimum absolute atomic E-state index is 0.0457. The molecule has 1 atom stereocenters. The van der Waals surface area contributed by atoms with Gasteiger partial charge in [0.25, 0.3) is 0 Å². The van der Waals surface area contributed by atoms with E-state index in [1.807, 2.05) is 63.5 Å². The molecular weight excluding hydrogens is 350 g/mol. The largest absolute Gasteiger partial charge is 0.423 e. The van der Waals surface area contributed by atoms with Crippen molar-refractivity contribution >= 4 is 5.97 Å². The molecule has 4 nitrogen and oxygen atoms in total. The number of hydrogen-bond acceptors (Lipinski definition) is 4. The van der Waals surface area contributed by atoms with Gasteiger partial charge in [-0.3, -0.25) is 0 Å². The standard InChI is InChI=1S/C24H31NO3/c1-18-8-7-9-20(16-18)23(26)28-21-12-10-19(11-13-21)22(17-25(2)3)24(27)14-5-4-6-15-24/h7-13,16,22,27H,4-6,14-15,17H2,1-3H3. The quantitative estimate of drug-likeness (QED) is 0.589. The van der Waals surface area contributed by atoms with Gasteiger partial charge >= 0.3 is 5.97 Å². The number of likely N-dealkylation sites (N-methyl/N-ethyl adjacent to an activating group) is 1. The summed E-state index contributed by atoms with van der Waals surface area (Å²) in [5, 5.41) is 11.3. The van der Waals surface area contributed by atoms with E-state index in [1.165, 1.54) is 6.42 Å². The van der Waals surface area contributed by atoms with Crippen LogP contribution in [0.15, 0.2) is 48.5 Å². The predicted octanol–water partition coefficient (Wildman–Crippen LogP) is 4.55. The molecule has 1 aliphatic rings. The Labute approximate surface area is 168 Å². The highest BCUT2D eigenvalue weighted by atomic mass is 16.5. The summed E-state index contributed by atoms with van der Waals surface area (Å²) in [4.78, 5) is 14.5. The number of ether oxygens (including phenoxy) is 1. The number of benzene rings is 2. The van der Waals surface area contributed by atoms with Crippen molar-refractivity contribution in [2.75, 3.05) is 20.6 Å². The van der Waals surface area contributed by atoms with Gasteiger partial charge in [-0.25, -0.2) is 4.79 Å². The van der Waals surface area contributed by atoms with Gasteiger partial charge in [0.15, 0.2) is 0 Å². The van der Waals surface area contributed by atoms with Crippen LogP contribution in [0.3, 0.4) is 0 Å². The van der Waals surface area contributed by atoms with Crippen LogP contribution in [-0.4, -0.2) is 42.2 Å². The third-order valence-electron chi connectivity index (χ3n) is 5.66. The zero-order valence-corrected chi connectivity index (χ0v) is 17.1. The molecule has 28 heavy (non-hydrogen) atoms. The van der Waals surface area contributed by atoms with Crippen LogP contribution in [-0.2, 0) is 0 Å². The van der Waals surface area contributed by atoms with E-state index in [9.17, 15) is 9.90 Å². The van der Waals surface area contributed by atoms with Gasteiger partial charge in [0.2, 0.25) is 0 Å². The molecule has 0 radical (unpaired) electrons. The van der Waals surface area contributed by atoms with E-state index in [0.717, 1.165) is 43.4 Å². The molecule has 1 saturated carbocycles. The van der Waals surface area contributed by atoms with Crippen LogP contribution in [0.2, 0.25) is 0 Å². The van der Waals surface area contributed by atoms with Gasteiger partial charge in [0.1, 0.15) is 5.75 Å². The maximum absolute atomic E-state index is 12.4. The minimum Gasteiger partial charge on any atom is -0.423 e. The van der Waals surface area contributed by atoms with E-state index in [4.69, 9.17) is 4.74 Å². The fourth-order valence-electron chi connectivity index (χ4n) is 4.17. The number of hydrogen-bond donors (Lipinski definition) is 1. The molecule has 0 saturated heterocycles. The number of carbonyl (C=O) groups is 1. The zero-order chi connectivity index (χ0) is 20.1. The molecule has 0 aromatic heterocycles. The van der Waals surface area contributed by atoms with Crippen molar-refractivity contribution in [3.8, 4) is 5.75 Å². The Morgan fingerprint density at radius 2 is 1.79 bits per heavy atom. The fraction of sp³-hybridized carbons (Fsp3) is 0.458. The van der Waals surface area contributed by atoms with Crippen LogP contribution in [0.4, 0.5) is 0 Å². The normalized spacial score (nSPS) is 17.3. The highest BCUT2D eigenvalue weighted by Gasteiger charge is 2.38. The highest BCUT2D eigenvalue weighted by Crippen LogP contribution is 2.40. The van der Waals surface area contributed by atoms with Crippen molar-refractivity contribution in [3.05, 3.63) is 65.2 Å². The molecule has 1 N–H and O–H groups in total. The van der Waals surface area contributed by atoms with Gasteiger partial charge in [-0.1, -0.05) is 49.1 Å². The summed E-state index contributed by atoms with van der Waals surface area (Å²) >= 11 is 0. The van der Waals surface area contributed by atoms with Crippen molar-refractivity contribution < 1.29 is 14.6 Å². The first kappa shape index (κ1) is 20.6. The number of aryl methyl sites for hydroxylation is 1. The van der Waals surface area contributed by atoms with E-state index in [1.54, 1.807) is 6.07 Å². The molecule has 0 heterocycles. The van der Waals surface area contributed by atoms with E-state index >= 15 is 0 Å². The second-order valence-corrected chi connectivity index (χ2v) is 8.31. The maximum atomic E-state index is 12.4. The van der Waals surface area contributed by atoms with Gasteiger partial charge in [0, 0.05) is 12.5 Å². The first-order chi connectivity index (χ1) is 13.4. The molecule has 150 valence electrons. The number of nitrogens with zero attached hydrogens (tertiary/aromatic N) is 1. The average molecular weight is 382 g/mol. The summed E-state index contributed by atoms with van der Waals surface area (Å²) in [5.41, 5.74) is 2.00. The van der Waals surface area contributed by atoms with Crippen LogP contribution in [0.1, 0.15) is 59.5 Å². The SMILES string of the molecule is Cc1cccc(C(=O)Oc2ccc(C(CN(C)C)C3(O)CCCCC3)cc2)c1. The van der Waals surface area contributed by atoms with Crippen LogP contribution in [0.5, 0.6) is 5.75 Å². The Kier molecular flexibility index (Phi) is 6.53. The lowest BCUT2D eigenvalue weighted by atomic mass is 9.72. The van der Waals surface area contributed by atoms with Gasteiger partial charge in [-0.05, 0) is 63.7 Å². The van der Waals surface area contributed by atoms with Gasteiger partial charge in [0.05, 0.1) is 11.2 Å². The van der Waals surface area contributed by atoms with Gasteiger partial charge < -0.3 is 14.7 Å². The Balaban J connectivity index is 1.76. The molecule has 0 amide bonds. The molecule has 1 fully saturated rings. The molecule has 2 aromatic rings. The molecule has 1 unspecified atom stereocenters. The third kappa shape index (κ3) is 5.00. The summed E-state index contributed by atoms with van der Waals surface area (Å²) in [6, 6.07) is 15.0. The van der Waals surface area contributed by atoms with Crippen molar-refractivity contribution in [1.29, 1.82) is 0 Å². The first-order valence-corrected chi connectivity index (χ1v) is 10.1. The molecule has 2 aromatic carbocycles. The second-order valence-electron chi connectivity index (χ2n) is 8.31. The molecular formula is C24H31NO3. The summed E-state index contributed by atoms with van der Waals surface area (Å²) in [7, 11) is 4.08. The second kappa shape index (κ2) is 8.89. The lowest BCUT2D eigenvalue weighted by molar-refractivity contribution is -0.0277. The van der Waals surface area contributed by atoms with Gasteiger partial charge in [-0.15, -0.1) is 0 Å². The monoisotopic (exact) mass is 381 g/mol. The predicted molar refractivity (Wildman–Crippen MR) is 112 cm³/mol. The van der Waals surface area contributed by atoms with Crippen LogP contribution >= 0.6 is 0 Å². The maximum Gasteiger partial charge on any atom is 0.343 e. The molecule has 0 spiro atoms. The van der Waals surface area contributed by atoms with E-state index in [0.29, 0.717) is 11.3 Å². The van der Waals surface area contributed by atoms with Crippen molar-refractivity contribution in [2.45, 2.75) is 50.5 Å². The Morgan fingerprint density at radius 3 is 2.39 bits per heavy atom. The topological polar surface area (TPSA) is 49.8 Å². The Bertz CT molecular complexity index is 792. The Morgan fingerprint density at radius 1 is 1.11 bits per heavy atom. The minimum atomic E-state index is -0.664. The van der Waals surface area contributed by atoms with Crippen LogP contribution in [0.25, 0.3) is 0 Å². The number of rotatable bonds is 6. The lowest BCUT2D eigenvalue weighted by Gasteiger charge is -2.40. The molecule has 0 aliphatic heterocycles. The first-order valence-electron chi connectivity index (χ1n) is 10.1. The molecule has 1 aliphatic carbocycles. The number of aliphatic hydroxyl groups is 1. The van der Waals surface area contributed by atoms with E-state index < -0.39 is 5.60 Å². The van der Waals surface area contributed by atoms with Crippen molar-refractivity contribution in [3.63, 3.8) is 0 Å². The zero-order valence-electron chi connectivity index (χ0n) is 17.1. The van der Waals surface area contributed by atoms with Gasteiger partial charge in [-0.2, -0.15) is 0 Å². The van der Waals surface area contributed by atoms with Crippen LogP contribution < -0.4 is 4.74 Å². The average Bonchev–Trinajstić information content (AvgIpc) is 2.67. The summed E-state index contributed by atoms with van der Waals surface area (Å²) in [6.07, 6.45) is 5.04. The smallest absolute Gasteiger partial charge is 0.343 e. The number of esters is 1. The highest BCUT2D eigenvalue weighted by molar-refractivity contribution is 5.91. The van der Waals surface area contributed by atoms with Crippen molar-refractivity contribution in [1.82, 2.24) is 4.90 Å². The Hall–Kier alpha value is -2.17. The third-order valence-corrected chi connectivity index (χ3v) is 5.66.